The number of rotatable bonds is 6. The van der Waals surface area contributed by atoms with Gasteiger partial charge >= 0.3 is 5.97 Å². The van der Waals surface area contributed by atoms with Crippen molar-refractivity contribution < 1.29 is 14.7 Å². The molecule has 3 rings (SSSR count). The van der Waals surface area contributed by atoms with E-state index < -0.39 is 18.4 Å². The van der Waals surface area contributed by atoms with E-state index in [1.807, 2.05) is 18.2 Å². The van der Waals surface area contributed by atoms with Gasteiger partial charge in [-0.25, -0.2) is 4.68 Å². The normalized spacial score (nSPS) is 10.7. The Hall–Kier alpha value is -2.65. The van der Waals surface area contributed by atoms with E-state index in [9.17, 15) is 9.59 Å². The molecule has 134 valence electrons. The summed E-state index contributed by atoms with van der Waals surface area (Å²) < 4.78 is 3.32. The Morgan fingerprint density at radius 3 is 2.77 bits per heavy atom. The molecule has 3 aromatic rings. The zero-order chi connectivity index (χ0) is 18.7. The Balaban J connectivity index is 1.76. The molecule has 0 bridgehead atoms. The summed E-state index contributed by atoms with van der Waals surface area (Å²) in [7, 11) is 0. The fourth-order valence-corrected chi connectivity index (χ4v) is 2.93. The van der Waals surface area contributed by atoms with Gasteiger partial charge in [0.1, 0.15) is 12.2 Å². The minimum atomic E-state index is -1.09. The van der Waals surface area contributed by atoms with Gasteiger partial charge < -0.3 is 10.4 Å². The lowest BCUT2D eigenvalue weighted by atomic mass is 10.2. The number of nitrogens with one attached hydrogen (secondary N) is 1. The van der Waals surface area contributed by atoms with Crippen molar-refractivity contribution in [3.05, 3.63) is 63.5 Å². The van der Waals surface area contributed by atoms with Crippen LogP contribution >= 0.6 is 27.5 Å². The van der Waals surface area contributed by atoms with E-state index in [0.717, 1.165) is 10.2 Å². The van der Waals surface area contributed by atoms with Crippen LogP contribution in [0.15, 0.2) is 47.2 Å². The Kier molecular flexibility index (Phi) is 5.38. The van der Waals surface area contributed by atoms with E-state index in [-0.39, 0.29) is 5.69 Å². The van der Waals surface area contributed by atoms with Crippen LogP contribution in [-0.4, -0.2) is 36.5 Å². The summed E-state index contributed by atoms with van der Waals surface area (Å²) in [5.41, 5.74) is 1.02. The molecule has 2 N–H and O–H groups in total. The van der Waals surface area contributed by atoms with Gasteiger partial charge in [-0.1, -0.05) is 29.8 Å². The molecular weight excluding hydrogens is 426 g/mol. The van der Waals surface area contributed by atoms with Crippen LogP contribution in [0, 0.1) is 0 Å². The maximum absolute atomic E-state index is 12.4. The van der Waals surface area contributed by atoms with Gasteiger partial charge in [0.25, 0.3) is 5.91 Å². The Bertz CT molecular complexity index is 968. The number of aliphatic carboxylic acids is 1. The molecule has 0 radical (unpaired) electrons. The topological polar surface area (TPSA) is 102 Å². The number of amides is 1. The maximum atomic E-state index is 12.4. The zero-order valence-corrected chi connectivity index (χ0v) is 15.6. The monoisotopic (exact) mass is 437 g/mol. The molecule has 0 fully saturated rings. The lowest BCUT2D eigenvalue weighted by molar-refractivity contribution is -0.137. The highest BCUT2D eigenvalue weighted by atomic mass is 79.9. The number of anilines is 1. The third-order valence-corrected chi connectivity index (χ3v) is 4.42. The fourth-order valence-electron chi connectivity index (χ4n) is 2.32. The molecule has 2 heterocycles. The molecule has 0 spiro atoms. The van der Waals surface area contributed by atoms with Gasteiger partial charge in [0.05, 0.1) is 11.0 Å². The second-order valence-electron chi connectivity index (χ2n) is 5.34. The number of carbonyl (C=O) groups excluding carboxylic acids is 1. The third-order valence-electron chi connectivity index (χ3n) is 3.47. The molecule has 26 heavy (non-hydrogen) atoms. The van der Waals surface area contributed by atoms with Crippen molar-refractivity contribution in [2.45, 2.75) is 13.1 Å². The lowest BCUT2D eigenvalue weighted by Gasteiger charge is -2.06. The zero-order valence-electron chi connectivity index (χ0n) is 13.3. The molecule has 0 saturated heterocycles. The second kappa shape index (κ2) is 7.71. The van der Waals surface area contributed by atoms with Crippen molar-refractivity contribution in [2.24, 2.45) is 0 Å². The van der Waals surface area contributed by atoms with Crippen LogP contribution in [0.3, 0.4) is 0 Å². The Labute approximate surface area is 161 Å². The number of aromatic nitrogens is 4. The molecule has 0 aliphatic heterocycles. The van der Waals surface area contributed by atoms with Gasteiger partial charge in [-0.15, -0.1) is 0 Å². The molecule has 8 nitrogen and oxygen atoms in total. The number of hydrogen-bond donors (Lipinski definition) is 2. The summed E-state index contributed by atoms with van der Waals surface area (Å²) in [6.45, 7) is 0.0307. The lowest BCUT2D eigenvalue weighted by Crippen LogP contribution is -2.21. The molecule has 0 unspecified atom stereocenters. The number of nitrogens with zero attached hydrogens (tertiary/aromatic N) is 4. The number of carbonyl (C=O) groups is 2. The van der Waals surface area contributed by atoms with Crippen molar-refractivity contribution >= 4 is 45.2 Å². The highest BCUT2D eigenvalue weighted by Crippen LogP contribution is 2.23. The van der Waals surface area contributed by atoms with Crippen LogP contribution in [0.5, 0.6) is 0 Å². The molecule has 2 aromatic heterocycles. The van der Waals surface area contributed by atoms with Gasteiger partial charge in [-0.2, -0.15) is 10.2 Å². The summed E-state index contributed by atoms with van der Waals surface area (Å²) >= 11 is 9.50. The predicted molar refractivity (Wildman–Crippen MR) is 98.3 cm³/mol. The number of carboxylic acids is 1. The van der Waals surface area contributed by atoms with E-state index in [1.165, 1.54) is 12.3 Å². The largest absolute Gasteiger partial charge is 0.480 e. The van der Waals surface area contributed by atoms with Gasteiger partial charge in [0, 0.05) is 17.4 Å². The van der Waals surface area contributed by atoms with Gasteiger partial charge in [0.15, 0.2) is 5.82 Å². The second-order valence-corrected chi connectivity index (χ2v) is 6.60. The summed E-state index contributed by atoms with van der Waals surface area (Å²) in [5, 5.41) is 20.3. The number of halogens is 2. The highest BCUT2D eigenvalue weighted by Gasteiger charge is 2.17. The van der Waals surface area contributed by atoms with Crippen molar-refractivity contribution in [3.63, 3.8) is 0 Å². The van der Waals surface area contributed by atoms with E-state index in [1.54, 1.807) is 16.9 Å². The van der Waals surface area contributed by atoms with Crippen molar-refractivity contribution in [1.29, 1.82) is 0 Å². The van der Waals surface area contributed by atoms with Crippen molar-refractivity contribution in [1.82, 2.24) is 19.6 Å². The van der Waals surface area contributed by atoms with Gasteiger partial charge in [-0.05, 0) is 33.6 Å². The average Bonchev–Trinajstić information content (AvgIpc) is 3.16. The van der Waals surface area contributed by atoms with Gasteiger partial charge in [0.2, 0.25) is 0 Å². The van der Waals surface area contributed by atoms with E-state index >= 15 is 0 Å². The standard InChI is InChI=1S/C16H13BrClN5O3/c17-11-8-22(7-10-3-1-2-4-12(10)18)21-15(11)20-16(26)13-5-6-19-23(13)9-14(24)25/h1-6,8H,7,9H2,(H,24,25)(H,20,21,26). The molecule has 1 aromatic carbocycles. The first-order chi connectivity index (χ1) is 12.4. The summed E-state index contributed by atoms with van der Waals surface area (Å²) in [6.07, 6.45) is 3.08. The van der Waals surface area contributed by atoms with E-state index in [0.29, 0.717) is 21.9 Å². The molecule has 0 saturated carbocycles. The highest BCUT2D eigenvalue weighted by molar-refractivity contribution is 9.10. The summed E-state index contributed by atoms with van der Waals surface area (Å²) in [6, 6.07) is 8.85. The van der Waals surface area contributed by atoms with Crippen LogP contribution in [0.25, 0.3) is 0 Å². The Morgan fingerprint density at radius 2 is 2.04 bits per heavy atom. The molecule has 10 heteroatoms. The fraction of sp³-hybridized carbons (Fsp3) is 0.125. The van der Waals surface area contributed by atoms with Crippen LogP contribution in [0.2, 0.25) is 5.02 Å². The quantitative estimate of drug-likeness (QED) is 0.616. The minimum absolute atomic E-state index is 0.125. The smallest absolute Gasteiger partial charge is 0.325 e. The SMILES string of the molecule is O=C(O)Cn1nccc1C(=O)Nc1nn(Cc2ccccc2Cl)cc1Br. The molecule has 0 atom stereocenters. The first-order valence-corrected chi connectivity index (χ1v) is 8.62. The van der Waals surface area contributed by atoms with Crippen molar-refractivity contribution in [2.75, 3.05) is 5.32 Å². The number of benzene rings is 1. The number of carboxylic acid groups (broad SMARTS) is 1. The summed E-state index contributed by atoms with van der Waals surface area (Å²) in [5.74, 6) is -1.29. The first kappa shape index (κ1) is 18.2. The number of hydrogen-bond acceptors (Lipinski definition) is 4. The van der Waals surface area contributed by atoms with Crippen molar-refractivity contribution in [3.8, 4) is 0 Å². The minimum Gasteiger partial charge on any atom is -0.480 e. The van der Waals surface area contributed by atoms with Gasteiger partial charge in [-0.3, -0.25) is 14.3 Å². The first-order valence-electron chi connectivity index (χ1n) is 7.45. The van der Waals surface area contributed by atoms with Crippen LogP contribution < -0.4 is 5.32 Å². The molecule has 1 amide bonds. The summed E-state index contributed by atoms with van der Waals surface area (Å²) in [4.78, 5) is 23.2. The predicted octanol–water partition coefficient (Wildman–Crippen LogP) is 2.88. The van der Waals surface area contributed by atoms with E-state index in [4.69, 9.17) is 16.7 Å². The molecular formula is C16H13BrClN5O3. The Morgan fingerprint density at radius 1 is 1.27 bits per heavy atom. The van der Waals surface area contributed by atoms with Crippen LogP contribution in [0.4, 0.5) is 5.82 Å². The molecule has 0 aliphatic rings. The average molecular weight is 439 g/mol. The van der Waals surface area contributed by atoms with Crippen LogP contribution in [-0.2, 0) is 17.9 Å². The van der Waals surface area contributed by atoms with Crippen LogP contribution in [0.1, 0.15) is 16.1 Å². The third kappa shape index (κ3) is 4.12. The van der Waals surface area contributed by atoms with E-state index in [2.05, 4.69) is 31.4 Å². The maximum Gasteiger partial charge on any atom is 0.325 e. The molecule has 0 aliphatic carbocycles.